The van der Waals surface area contributed by atoms with Crippen LogP contribution < -0.4 is 0 Å². The van der Waals surface area contributed by atoms with E-state index in [-0.39, 0.29) is 20.1 Å². The van der Waals surface area contributed by atoms with Crippen molar-refractivity contribution in [2.45, 2.75) is 20.6 Å². The number of nitro groups is 1. The Kier molecular flexibility index (Phi) is 7.09. The highest BCUT2D eigenvalue weighted by molar-refractivity contribution is 6.66. The van der Waals surface area contributed by atoms with E-state index in [9.17, 15) is 24.5 Å². The molecule has 0 N–H and O–H groups in total. The molecule has 3 aliphatic rings. The number of imide groups is 1. The van der Waals surface area contributed by atoms with Crippen LogP contribution in [0.1, 0.15) is 15.9 Å². The summed E-state index contributed by atoms with van der Waals surface area (Å²) in [5.74, 6) is -6.12. The quantitative estimate of drug-likeness (QED) is 0.147. The van der Waals surface area contributed by atoms with Gasteiger partial charge in [0.05, 0.1) is 43.4 Å². The van der Waals surface area contributed by atoms with Crippen LogP contribution in [0, 0.1) is 22.0 Å². The molecule has 1 aliphatic heterocycles. The molecule has 4 atom stereocenters. The lowest BCUT2D eigenvalue weighted by Gasteiger charge is -2.37. The van der Waals surface area contributed by atoms with Gasteiger partial charge in [0.1, 0.15) is 15.3 Å². The Morgan fingerprint density at radius 3 is 1.95 bits per heavy atom. The third kappa shape index (κ3) is 3.69. The predicted molar refractivity (Wildman–Crippen MR) is 149 cm³/mol. The van der Waals surface area contributed by atoms with Gasteiger partial charge in [-0.3, -0.25) is 24.5 Å². The summed E-state index contributed by atoms with van der Waals surface area (Å²) in [4.78, 5) is 48.4. The van der Waals surface area contributed by atoms with Gasteiger partial charge in [-0.25, -0.2) is 5.01 Å². The van der Waals surface area contributed by atoms with E-state index in [1.807, 2.05) is 0 Å². The number of hydrogen-bond acceptors (Lipinski definition) is 5. The van der Waals surface area contributed by atoms with E-state index in [4.69, 9.17) is 92.8 Å². The summed E-state index contributed by atoms with van der Waals surface area (Å²) in [6, 6.07) is 9.37. The van der Waals surface area contributed by atoms with Crippen molar-refractivity contribution < 1.29 is 19.3 Å². The highest BCUT2D eigenvalue weighted by atomic mass is 35.5. The van der Waals surface area contributed by atoms with Crippen LogP contribution >= 0.6 is 92.8 Å². The summed E-state index contributed by atoms with van der Waals surface area (Å²) in [5.41, 5.74) is -0.629. The average molecular weight is 693 g/mol. The summed E-state index contributed by atoms with van der Waals surface area (Å²) >= 11 is 51.4. The van der Waals surface area contributed by atoms with Crippen LogP contribution in [0.3, 0.4) is 0 Å². The molecule has 2 aromatic carbocycles. The van der Waals surface area contributed by atoms with Crippen molar-refractivity contribution >= 4 is 116 Å². The van der Waals surface area contributed by atoms with E-state index >= 15 is 0 Å². The first-order chi connectivity index (χ1) is 18.1. The van der Waals surface area contributed by atoms with Gasteiger partial charge in [0.15, 0.2) is 4.33 Å². The third-order valence-corrected chi connectivity index (χ3v) is 12.0. The third-order valence-electron chi connectivity index (χ3n) is 7.01. The maximum absolute atomic E-state index is 13.9. The number of hydrogen-bond donors (Lipinski definition) is 0. The van der Waals surface area contributed by atoms with Crippen LogP contribution in [0.15, 0.2) is 52.5 Å². The molecule has 0 radical (unpaired) electrons. The van der Waals surface area contributed by atoms with Gasteiger partial charge in [-0.05, 0) is 23.8 Å². The number of halogens is 8. The van der Waals surface area contributed by atoms with Crippen molar-refractivity contribution in [3.05, 3.63) is 83.8 Å². The molecule has 0 unspecified atom stereocenters. The molecule has 1 saturated heterocycles. The van der Waals surface area contributed by atoms with E-state index in [1.54, 1.807) is 0 Å². The highest BCUT2D eigenvalue weighted by Crippen LogP contribution is 2.77. The maximum atomic E-state index is 13.9. The molecule has 2 bridgehead atoms. The zero-order chi connectivity index (χ0) is 28.8. The molecule has 8 nitrogen and oxygen atoms in total. The van der Waals surface area contributed by atoms with Crippen LogP contribution in [0.25, 0.3) is 0 Å². The summed E-state index contributed by atoms with van der Waals surface area (Å²) in [6.45, 7) is -0.439. The van der Waals surface area contributed by atoms with E-state index in [0.29, 0.717) is 10.6 Å². The van der Waals surface area contributed by atoms with Gasteiger partial charge in [0.2, 0.25) is 0 Å². The lowest BCUT2D eigenvalue weighted by atomic mass is 9.84. The fraction of sp³-hybridized carbons (Fsp3) is 0.261. The Hall–Kier alpha value is -1.49. The molecule has 2 fully saturated rings. The molecule has 3 amide bonds. The van der Waals surface area contributed by atoms with Gasteiger partial charge in [0, 0.05) is 6.07 Å². The molecular weight excluding hydrogens is 682 g/mol. The number of amides is 3. The number of benzene rings is 2. The standard InChI is InChI=1S/C23H11Cl8N3O5/c24-11-6-5-9(7-12(11)25)8-32(18(35)10-3-1-2-4-13(10)34(38)39)33-19(36)14-15(20(33)37)22(29)17(27)16(26)21(14,28)23(22,30)31/h1-7,14-15H,8H2/t14-,15-,21-,22-/m1/s1. The van der Waals surface area contributed by atoms with Crippen LogP contribution in [0.2, 0.25) is 10.0 Å². The van der Waals surface area contributed by atoms with E-state index < -0.39 is 66.4 Å². The minimum atomic E-state index is -2.18. The zero-order valence-electron chi connectivity index (χ0n) is 18.8. The fourth-order valence-corrected chi connectivity index (χ4v) is 8.47. The van der Waals surface area contributed by atoms with Gasteiger partial charge >= 0.3 is 0 Å². The minimum absolute atomic E-state index is 0.123. The van der Waals surface area contributed by atoms with Crippen LogP contribution in [0.4, 0.5) is 5.69 Å². The summed E-state index contributed by atoms with van der Waals surface area (Å²) in [7, 11) is 0. The number of fused-ring (bicyclic) bond motifs is 5. The summed E-state index contributed by atoms with van der Waals surface area (Å²) in [5, 5.41) is 12.6. The van der Waals surface area contributed by atoms with E-state index in [0.717, 1.165) is 11.1 Å². The van der Waals surface area contributed by atoms with Crippen molar-refractivity contribution in [3.63, 3.8) is 0 Å². The van der Waals surface area contributed by atoms with Crippen molar-refractivity contribution in [2.24, 2.45) is 11.8 Å². The second-order valence-corrected chi connectivity index (χ2v) is 13.0. The van der Waals surface area contributed by atoms with Gasteiger partial charge < -0.3 is 0 Å². The van der Waals surface area contributed by atoms with E-state index in [1.165, 1.54) is 36.4 Å². The number of alkyl halides is 4. The average Bonchev–Trinajstić information content (AvgIpc) is 3.27. The van der Waals surface area contributed by atoms with Crippen molar-refractivity contribution in [1.29, 1.82) is 0 Å². The largest absolute Gasteiger partial charge is 0.282 e. The Morgan fingerprint density at radius 2 is 1.44 bits per heavy atom. The number of allylic oxidation sites excluding steroid dienone is 2. The monoisotopic (exact) mass is 689 g/mol. The molecule has 1 heterocycles. The Morgan fingerprint density at radius 1 is 0.897 bits per heavy atom. The molecule has 0 spiro atoms. The van der Waals surface area contributed by atoms with Crippen molar-refractivity contribution in [2.75, 3.05) is 0 Å². The lowest BCUT2D eigenvalue weighted by molar-refractivity contribution is -0.385. The number of nitro benzene ring substituents is 1. The number of rotatable bonds is 5. The predicted octanol–water partition coefficient (Wildman–Crippen LogP) is 6.91. The second kappa shape index (κ2) is 9.53. The van der Waals surface area contributed by atoms with E-state index in [2.05, 4.69) is 0 Å². The first kappa shape index (κ1) is 29.0. The fourth-order valence-electron chi connectivity index (χ4n) is 5.22. The SMILES string of the molecule is O=C(c1ccccc1[N+](=O)[O-])N(Cc1ccc(Cl)c(Cl)c1)N1C(=O)[C@H]2[C@H](C1=O)[C@@]1(Cl)C(Cl)=C(Cl)[C@@]2(Cl)C1(Cl)Cl. The molecule has 16 heteroatoms. The van der Waals surface area contributed by atoms with Crippen LogP contribution in [0.5, 0.6) is 0 Å². The van der Waals surface area contributed by atoms with Crippen molar-refractivity contribution in [3.8, 4) is 0 Å². The van der Waals surface area contributed by atoms with Crippen LogP contribution in [-0.4, -0.2) is 46.7 Å². The minimum Gasteiger partial charge on any atom is -0.272 e. The smallest absolute Gasteiger partial charge is 0.272 e. The first-order valence-electron chi connectivity index (χ1n) is 10.8. The Bertz CT molecular complexity index is 1490. The normalized spacial score (nSPS) is 28.8. The Balaban J connectivity index is 1.65. The number of carbonyl (C=O) groups is 3. The highest BCUT2D eigenvalue weighted by Gasteiger charge is 2.88. The zero-order valence-corrected chi connectivity index (χ0v) is 24.9. The topological polar surface area (TPSA) is 101 Å². The molecule has 2 aromatic rings. The number of para-hydroxylation sites is 1. The molecule has 204 valence electrons. The first-order valence-corrected chi connectivity index (χ1v) is 13.8. The molecule has 5 rings (SSSR count). The van der Waals surface area contributed by atoms with Gasteiger partial charge in [0.25, 0.3) is 23.4 Å². The summed E-state index contributed by atoms with van der Waals surface area (Å²) in [6.07, 6.45) is 0. The summed E-state index contributed by atoms with van der Waals surface area (Å²) < 4.78 is -2.18. The maximum Gasteiger partial charge on any atom is 0.282 e. The number of carbonyl (C=O) groups excluding carboxylic acids is 3. The van der Waals surface area contributed by atoms with Crippen LogP contribution in [-0.2, 0) is 16.1 Å². The number of hydrazine groups is 1. The lowest BCUT2D eigenvalue weighted by Crippen LogP contribution is -2.55. The molecule has 39 heavy (non-hydrogen) atoms. The van der Waals surface area contributed by atoms with Gasteiger partial charge in [-0.1, -0.05) is 87.8 Å². The van der Waals surface area contributed by atoms with Gasteiger partial charge in [-0.15, -0.1) is 23.2 Å². The molecule has 0 aromatic heterocycles. The second-order valence-electron chi connectivity index (χ2n) is 8.96. The van der Waals surface area contributed by atoms with Crippen molar-refractivity contribution in [1.82, 2.24) is 10.0 Å². The number of nitrogens with zero attached hydrogens (tertiary/aromatic N) is 3. The Labute approximate surface area is 260 Å². The molecule has 1 saturated carbocycles. The molecular formula is C23H11Cl8N3O5. The van der Waals surface area contributed by atoms with Gasteiger partial charge in [-0.2, -0.15) is 5.01 Å². The molecule has 2 aliphatic carbocycles.